The van der Waals surface area contributed by atoms with Crippen LogP contribution < -0.4 is 14.2 Å². The largest absolute Gasteiger partial charge is 0.493 e. The summed E-state index contributed by atoms with van der Waals surface area (Å²) in [4.78, 5) is 6.42. The smallest absolute Gasteiger partial charge is 0.161 e. The molecule has 0 radical (unpaired) electrons. The van der Waals surface area contributed by atoms with Crippen molar-refractivity contribution in [3.8, 4) is 17.2 Å². The number of hydrogen-bond acceptors (Lipinski definition) is 7. The van der Waals surface area contributed by atoms with Crippen LogP contribution in [-0.4, -0.2) is 71.8 Å². The van der Waals surface area contributed by atoms with Crippen LogP contribution in [0.4, 0.5) is 0 Å². The van der Waals surface area contributed by atoms with Gasteiger partial charge >= 0.3 is 0 Å². The topological polar surface area (TPSA) is 78.2 Å². The Balaban J connectivity index is 1.35. The van der Waals surface area contributed by atoms with Gasteiger partial charge in [-0.05, 0) is 49.2 Å². The zero-order chi connectivity index (χ0) is 25.4. The first-order valence-electron chi connectivity index (χ1n) is 12.1. The summed E-state index contributed by atoms with van der Waals surface area (Å²) in [6.45, 7) is 6.00. The van der Waals surface area contributed by atoms with Gasteiger partial charge in [0.2, 0.25) is 0 Å². The number of imidazole rings is 1. The van der Waals surface area contributed by atoms with Crippen molar-refractivity contribution < 1.29 is 24.1 Å². The summed E-state index contributed by atoms with van der Waals surface area (Å²) < 4.78 is 25.2. The second-order valence-corrected chi connectivity index (χ2v) is 9.53. The first kappa shape index (κ1) is 26.3. The molecule has 3 aromatic rings. The van der Waals surface area contributed by atoms with Crippen molar-refractivity contribution in [2.45, 2.75) is 32.0 Å². The van der Waals surface area contributed by atoms with E-state index in [2.05, 4.69) is 14.5 Å². The lowest BCUT2D eigenvalue weighted by Crippen LogP contribution is -2.48. The molecule has 1 aliphatic heterocycles. The third kappa shape index (κ3) is 7.36. The molecule has 9 heteroatoms. The number of aromatic nitrogens is 2. The Bertz CT molecular complexity index is 1120. The van der Waals surface area contributed by atoms with Gasteiger partial charge in [-0.1, -0.05) is 23.7 Å². The van der Waals surface area contributed by atoms with Crippen LogP contribution >= 0.6 is 11.6 Å². The van der Waals surface area contributed by atoms with Gasteiger partial charge in [-0.3, -0.25) is 4.90 Å². The molecular formula is C27H34ClN3O5. The first-order chi connectivity index (χ1) is 17.4. The van der Waals surface area contributed by atoms with Gasteiger partial charge in [0.05, 0.1) is 26.9 Å². The summed E-state index contributed by atoms with van der Waals surface area (Å²) in [6, 6.07) is 13.1. The van der Waals surface area contributed by atoms with Crippen LogP contribution in [0.5, 0.6) is 17.2 Å². The molecule has 1 N–H and O–H groups in total. The quantitative estimate of drug-likeness (QED) is 0.387. The minimum absolute atomic E-state index is 0.108. The summed E-state index contributed by atoms with van der Waals surface area (Å²) in [5.41, 5.74) is -0.0768. The molecule has 0 unspecified atom stereocenters. The highest BCUT2D eigenvalue weighted by atomic mass is 35.5. The molecule has 1 aliphatic rings. The highest BCUT2D eigenvalue weighted by molar-refractivity contribution is 6.30. The Morgan fingerprint density at radius 1 is 1.17 bits per heavy atom. The SMILES string of the molecule is COc1ccc(CN2CCOC[C@@](O)(COc3cccc(Cl)c3)C2)cc1OCCCn1ccnc1C. The number of benzene rings is 2. The Hall–Kier alpha value is -2.78. The lowest BCUT2D eigenvalue weighted by atomic mass is 10.1. The van der Waals surface area contributed by atoms with E-state index in [1.165, 1.54) is 0 Å². The van der Waals surface area contributed by atoms with Gasteiger partial charge < -0.3 is 28.6 Å². The lowest BCUT2D eigenvalue weighted by molar-refractivity contribution is -0.0646. The maximum absolute atomic E-state index is 11.2. The predicted octanol–water partition coefficient (Wildman–Crippen LogP) is 3.96. The molecule has 36 heavy (non-hydrogen) atoms. The normalized spacial score (nSPS) is 18.6. The molecule has 0 amide bonds. The van der Waals surface area contributed by atoms with E-state index in [1.54, 1.807) is 25.4 Å². The molecule has 1 aromatic heterocycles. The standard InChI is InChI=1S/C27H34ClN3O5/c1-21-29-9-11-31(21)10-4-13-35-26-15-22(7-8-25(26)33-2)17-30-12-14-34-19-27(32,18-30)20-36-24-6-3-5-23(28)16-24/h3,5-9,11,15-16,32H,4,10,12-14,17-20H2,1-2H3/t27-/m1/s1. The molecule has 2 heterocycles. The molecule has 4 rings (SSSR count). The van der Waals surface area contributed by atoms with Gasteiger partial charge in [0.15, 0.2) is 11.5 Å². The minimum atomic E-state index is -1.14. The van der Waals surface area contributed by atoms with Crippen LogP contribution in [0.2, 0.25) is 5.02 Å². The number of β-amino-alcohol motifs (C(OH)–C–C–N with tert-alkyl or cyclic N) is 1. The molecule has 0 aliphatic carbocycles. The third-order valence-corrected chi connectivity index (χ3v) is 6.34. The van der Waals surface area contributed by atoms with Gasteiger partial charge in [-0.25, -0.2) is 4.98 Å². The van der Waals surface area contributed by atoms with Gasteiger partial charge in [0.25, 0.3) is 0 Å². The van der Waals surface area contributed by atoms with Gasteiger partial charge in [-0.15, -0.1) is 0 Å². The monoisotopic (exact) mass is 515 g/mol. The number of ether oxygens (including phenoxy) is 4. The molecule has 0 saturated carbocycles. The fraction of sp³-hybridized carbons (Fsp3) is 0.444. The highest BCUT2D eigenvalue weighted by Crippen LogP contribution is 2.29. The number of halogens is 1. The Morgan fingerprint density at radius 2 is 2.06 bits per heavy atom. The van der Waals surface area contributed by atoms with E-state index in [4.69, 9.17) is 30.5 Å². The lowest BCUT2D eigenvalue weighted by Gasteiger charge is -2.30. The van der Waals surface area contributed by atoms with Gasteiger partial charge in [-0.2, -0.15) is 0 Å². The second kappa shape index (κ2) is 12.5. The summed E-state index contributed by atoms with van der Waals surface area (Å²) in [5, 5.41) is 11.8. The van der Waals surface area contributed by atoms with Gasteiger partial charge in [0, 0.05) is 43.6 Å². The van der Waals surface area contributed by atoms with Crippen molar-refractivity contribution in [1.29, 1.82) is 0 Å². The summed E-state index contributed by atoms with van der Waals surface area (Å²) in [6.07, 6.45) is 4.64. The second-order valence-electron chi connectivity index (χ2n) is 9.09. The summed E-state index contributed by atoms with van der Waals surface area (Å²) in [7, 11) is 1.64. The summed E-state index contributed by atoms with van der Waals surface area (Å²) in [5.74, 6) is 3.02. The molecule has 1 saturated heterocycles. The van der Waals surface area contributed by atoms with E-state index in [9.17, 15) is 5.11 Å². The van der Waals surface area contributed by atoms with Crippen molar-refractivity contribution in [2.24, 2.45) is 0 Å². The van der Waals surface area contributed by atoms with Crippen molar-refractivity contribution in [3.05, 3.63) is 71.3 Å². The van der Waals surface area contributed by atoms with E-state index in [0.29, 0.717) is 55.1 Å². The van der Waals surface area contributed by atoms with Crippen molar-refractivity contribution in [1.82, 2.24) is 14.5 Å². The number of methoxy groups -OCH3 is 1. The van der Waals surface area contributed by atoms with Crippen LogP contribution in [0.3, 0.4) is 0 Å². The first-order valence-corrected chi connectivity index (χ1v) is 12.5. The van der Waals surface area contributed by atoms with E-state index in [-0.39, 0.29) is 13.2 Å². The van der Waals surface area contributed by atoms with Crippen molar-refractivity contribution in [2.75, 3.05) is 46.6 Å². The Kier molecular flexibility index (Phi) is 9.09. The Morgan fingerprint density at radius 3 is 2.83 bits per heavy atom. The third-order valence-electron chi connectivity index (χ3n) is 6.10. The molecule has 8 nitrogen and oxygen atoms in total. The maximum atomic E-state index is 11.2. The number of hydrogen-bond donors (Lipinski definition) is 1. The molecule has 2 aromatic carbocycles. The summed E-state index contributed by atoms with van der Waals surface area (Å²) >= 11 is 6.05. The highest BCUT2D eigenvalue weighted by Gasteiger charge is 2.33. The van der Waals surface area contributed by atoms with Crippen LogP contribution in [0, 0.1) is 6.92 Å². The fourth-order valence-corrected chi connectivity index (χ4v) is 4.42. The zero-order valence-corrected chi connectivity index (χ0v) is 21.6. The van der Waals surface area contributed by atoms with Crippen LogP contribution in [0.25, 0.3) is 0 Å². The molecule has 1 atom stereocenters. The van der Waals surface area contributed by atoms with E-state index in [1.807, 2.05) is 43.5 Å². The molecule has 194 valence electrons. The van der Waals surface area contributed by atoms with E-state index < -0.39 is 5.60 Å². The number of aryl methyl sites for hydroxylation is 2. The van der Waals surface area contributed by atoms with Crippen LogP contribution in [0.15, 0.2) is 54.9 Å². The fourth-order valence-electron chi connectivity index (χ4n) is 4.24. The number of aliphatic hydroxyl groups is 1. The molecule has 0 spiro atoms. The van der Waals surface area contributed by atoms with Crippen LogP contribution in [0.1, 0.15) is 17.8 Å². The van der Waals surface area contributed by atoms with Crippen molar-refractivity contribution >= 4 is 11.6 Å². The molecular weight excluding hydrogens is 482 g/mol. The number of rotatable bonds is 11. The molecule has 0 bridgehead atoms. The van der Waals surface area contributed by atoms with E-state index in [0.717, 1.165) is 24.4 Å². The Labute approximate surface area is 217 Å². The zero-order valence-electron chi connectivity index (χ0n) is 20.9. The van der Waals surface area contributed by atoms with Crippen molar-refractivity contribution in [3.63, 3.8) is 0 Å². The molecule has 1 fully saturated rings. The van der Waals surface area contributed by atoms with Gasteiger partial charge in [0.1, 0.15) is 23.8 Å². The van der Waals surface area contributed by atoms with Crippen LogP contribution in [-0.2, 0) is 17.8 Å². The predicted molar refractivity (Wildman–Crippen MR) is 138 cm³/mol. The average Bonchev–Trinajstić information content (AvgIpc) is 3.18. The maximum Gasteiger partial charge on any atom is 0.161 e. The van der Waals surface area contributed by atoms with E-state index >= 15 is 0 Å². The average molecular weight is 516 g/mol. The minimum Gasteiger partial charge on any atom is -0.493 e. The number of nitrogens with zero attached hydrogens (tertiary/aromatic N) is 3.